The number of piperazine rings is 1. The topological polar surface area (TPSA) is 183 Å². The van der Waals surface area contributed by atoms with Gasteiger partial charge in [0.15, 0.2) is 23.9 Å². The Kier molecular flexibility index (Phi) is 10.7. The fourth-order valence-corrected chi connectivity index (χ4v) is 8.66. The van der Waals surface area contributed by atoms with E-state index in [-0.39, 0.29) is 63.5 Å². The predicted octanol–water partition coefficient (Wildman–Crippen LogP) is 3.89. The number of nitrogens with zero attached hydrogens (tertiary/aromatic N) is 8. The van der Waals surface area contributed by atoms with Crippen molar-refractivity contribution in [2.75, 3.05) is 70.8 Å². The standard InChI is InChI=1S/C39H41ClF3N11O5/c1-50-31(27-20-53(49-34(27)39(41,42)43)32-5-4-29-30(48-32)6-9-45-29)19-46-35(50)36(57)47-25-2-3-26(28(40)16-25)38(59)52-12-10-51(11-13-52)37(58)24-7-14-54(15-8-24,22-33(55)56)21-23-17-44-18-23/h2-6,9,16,19-20,23-24,44H,7-8,10-15,17-18,21-22H2,1H3,(H2-,45,47,48,55,56,57,59)/p+1. The molecule has 8 rings (SSSR count). The molecule has 4 N–H and O–H groups in total. The van der Waals surface area contributed by atoms with Crippen LogP contribution in [0.1, 0.15) is 39.5 Å². The minimum absolute atomic E-state index is 0.00912. The van der Waals surface area contributed by atoms with Crippen molar-refractivity contribution in [1.29, 1.82) is 0 Å². The van der Waals surface area contributed by atoms with Crippen LogP contribution in [0.4, 0.5) is 18.9 Å². The summed E-state index contributed by atoms with van der Waals surface area (Å²) in [6.45, 7) is 5.26. The molecule has 59 heavy (non-hydrogen) atoms. The lowest BCUT2D eigenvalue weighted by atomic mass is 9.90. The average molecular weight is 837 g/mol. The number of likely N-dealkylation sites (tertiary alicyclic amines) is 1. The smallest absolute Gasteiger partial charge is 0.435 e. The van der Waals surface area contributed by atoms with Crippen LogP contribution in [-0.2, 0) is 22.8 Å². The Morgan fingerprint density at radius 2 is 1.75 bits per heavy atom. The molecule has 3 saturated heterocycles. The molecule has 16 nitrogen and oxygen atoms in total. The van der Waals surface area contributed by atoms with E-state index in [9.17, 15) is 37.5 Å². The molecule has 3 amide bonds. The summed E-state index contributed by atoms with van der Waals surface area (Å²) in [5, 5.41) is 19.4. The number of anilines is 1. The zero-order chi connectivity index (χ0) is 41.6. The van der Waals surface area contributed by atoms with E-state index in [4.69, 9.17) is 11.6 Å². The van der Waals surface area contributed by atoms with Gasteiger partial charge in [-0.3, -0.25) is 14.4 Å². The molecule has 0 spiro atoms. The van der Waals surface area contributed by atoms with Gasteiger partial charge in [0.25, 0.3) is 11.8 Å². The van der Waals surface area contributed by atoms with Crippen molar-refractivity contribution in [2.24, 2.45) is 18.9 Å². The van der Waals surface area contributed by atoms with Crippen LogP contribution in [0.2, 0.25) is 5.02 Å². The van der Waals surface area contributed by atoms with Crippen LogP contribution in [0.3, 0.4) is 0 Å². The van der Waals surface area contributed by atoms with Crippen molar-refractivity contribution >= 4 is 52.0 Å². The van der Waals surface area contributed by atoms with Gasteiger partial charge in [0, 0.05) is 89.1 Å². The largest absolute Gasteiger partial charge is 0.477 e. The van der Waals surface area contributed by atoms with Crippen LogP contribution >= 0.6 is 11.6 Å². The normalized spacial score (nSPS) is 20.1. The van der Waals surface area contributed by atoms with Gasteiger partial charge >= 0.3 is 12.1 Å². The number of H-pyrrole nitrogens is 1. The number of carbonyl (C=O) groups excluding carboxylic acids is 3. The number of benzene rings is 1. The second-order valence-corrected chi connectivity index (χ2v) is 15.9. The number of aromatic amines is 1. The highest BCUT2D eigenvalue weighted by atomic mass is 35.5. The predicted molar refractivity (Wildman–Crippen MR) is 209 cm³/mol. The molecule has 3 aliphatic heterocycles. The van der Waals surface area contributed by atoms with Crippen molar-refractivity contribution < 1.29 is 41.9 Å². The number of pyridine rings is 1. The molecule has 0 unspecified atom stereocenters. The van der Waals surface area contributed by atoms with E-state index >= 15 is 0 Å². The lowest BCUT2D eigenvalue weighted by Gasteiger charge is -2.46. The van der Waals surface area contributed by atoms with Crippen molar-refractivity contribution in [1.82, 2.24) is 44.4 Å². The second kappa shape index (κ2) is 15.8. The molecular formula is C39H42ClF3N11O5+. The van der Waals surface area contributed by atoms with E-state index in [0.29, 0.717) is 73.5 Å². The Morgan fingerprint density at radius 1 is 1.02 bits per heavy atom. The highest BCUT2D eigenvalue weighted by Gasteiger charge is 2.42. The number of quaternary nitrogens is 1. The van der Waals surface area contributed by atoms with E-state index in [1.807, 2.05) is 0 Å². The van der Waals surface area contributed by atoms with Crippen LogP contribution in [0, 0.1) is 11.8 Å². The minimum Gasteiger partial charge on any atom is -0.477 e. The van der Waals surface area contributed by atoms with Crippen molar-refractivity contribution in [3.8, 4) is 17.1 Å². The molecule has 0 atom stereocenters. The molecule has 3 fully saturated rings. The highest BCUT2D eigenvalue weighted by Crippen LogP contribution is 2.37. The van der Waals surface area contributed by atoms with Gasteiger partial charge in [-0.1, -0.05) is 11.6 Å². The molecule has 310 valence electrons. The summed E-state index contributed by atoms with van der Waals surface area (Å²) < 4.78 is 45.4. The first kappa shape index (κ1) is 40.0. The lowest BCUT2D eigenvalue weighted by Crippen LogP contribution is -2.62. The van der Waals surface area contributed by atoms with Crippen molar-refractivity contribution in [3.05, 3.63) is 77.1 Å². The van der Waals surface area contributed by atoms with Gasteiger partial charge in [-0.25, -0.2) is 19.4 Å². The molecule has 20 heteroatoms. The Hall–Kier alpha value is -5.79. The van der Waals surface area contributed by atoms with E-state index in [1.165, 1.54) is 42.1 Å². The summed E-state index contributed by atoms with van der Waals surface area (Å²) in [5.74, 6) is -1.60. The maximum Gasteiger partial charge on any atom is 0.435 e. The summed E-state index contributed by atoms with van der Waals surface area (Å²) in [7, 11) is 1.41. The molecular weight excluding hydrogens is 795 g/mol. The van der Waals surface area contributed by atoms with Gasteiger partial charge in [0.2, 0.25) is 5.91 Å². The Bertz CT molecular complexity index is 2430. The Labute approximate surface area is 340 Å². The van der Waals surface area contributed by atoms with Crippen LogP contribution < -0.4 is 10.6 Å². The zero-order valence-electron chi connectivity index (χ0n) is 32.0. The van der Waals surface area contributed by atoms with E-state index in [1.54, 1.807) is 28.1 Å². The molecule has 4 aromatic heterocycles. The van der Waals surface area contributed by atoms with E-state index in [0.717, 1.165) is 30.5 Å². The number of amides is 3. The molecule has 0 bridgehead atoms. The fraction of sp³-hybridized carbons (Fsp3) is 0.410. The molecule has 0 aliphatic carbocycles. The van der Waals surface area contributed by atoms with Crippen LogP contribution in [0.25, 0.3) is 28.1 Å². The number of carboxylic acids is 1. The summed E-state index contributed by atoms with van der Waals surface area (Å²) >= 11 is 6.56. The van der Waals surface area contributed by atoms with Crippen LogP contribution in [0.5, 0.6) is 0 Å². The molecule has 7 heterocycles. The molecule has 1 aromatic carbocycles. The number of piperidine rings is 1. The van der Waals surface area contributed by atoms with E-state index in [2.05, 4.69) is 30.7 Å². The number of aromatic nitrogens is 6. The van der Waals surface area contributed by atoms with Crippen molar-refractivity contribution in [3.63, 3.8) is 0 Å². The number of hydrogen-bond acceptors (Lipinski definition) is 8. The number of imidazole rings is 1. The number of fused-ring (bicyclic) bond motifs is 1. The van der Waals surface area contributed by atoms with Gasteiger partial charge in [0.05, 0.1) is 58.7 Å². The summed E-state index contributed by atoms with van der Waals surface area (Å²) in [6.07, 6.45) is 0.441. The molecule has 3 aliphatic rings. The third-order valence-corrected chi connectivity index (χ3v) is 12.0. The maximum absolute atomic E-state index is 14.2. The zero-order valence-corrected chi connectivity index (χ0v) is 32.8. The first-order valence-corrected chi connectivity index (χ1v) is 19.7. The van der Waals surface area contributed by atoms with Crippen LogP contribution in [-0.4, -0.2) is 138 Å². The Morgan fingerprint density at radius 3 is 2.41 bits per heavy atom. The highest BCUT2D eigenvalue weighted by molar-refractivity contribution is 6.34. The number of hydrogen-bond donors (Lipinski definition) is 4. The lowest BCUT2D eigenvalue weighted by molar-refractivity contribution is -0.929. The number of halogens is 4. The number of nitrogens with one attached hydrogen (secondary N) is 3. The summed E-state index contributed by atoms with van der Waals surface area (Å²) in [5.41, 5.74) is 0.204. The van der Waals surface area contributed by atoms with Crippen LogP contribution in [0.15, 0.2) is 55.0 Å². The summed E-state index contributed by atoms with van der Waals surface area (Å²) in [4.78, 5) is 67.0. The second-order valence-electron chi connectivity index (χ2n) is 15.5. The molecule has 5 aromatic rings. The van der Waals surface area contributed by atoms with Gasteiger partial charge in [0.1, 0.15) is 0 Å². The SMILES string of the molecule is Cn1c(-c2cn(-c3ccc4[nH]ccc4n3)nc2C(F)(F)F)cnc1C(=O)Nc1ccc(C(=O)N2CCN(C(=O)C3CC[N+](CC(=O)O)(CC4CNC4)CC3)CC2)c(Cl)c1. The average Bonchev–Trinajstić information content (AvgIpc) is 3.94. The number of rotatable bonds is 10. The van der Waals surface area contributed by atoms with Gasteiger partial charge in [-0.15, -0.1) is 0 Å². The number of carboxylic acid groups (broad SMARTS) is 1. The molecule has 0 radical (unpaired) electrons. The van der Waals surface area contributed by atoms with Gasteiger partial charge < -0.3 is 39.6 Å². The Balaban J connectivity index is 0.883. The first-order chi connectivity index (χ1) is 28.2. The fourth-order valence-electron chi connectivity index (χ4n) is 8.40. The number of carbonyl (C=O) groups is 4. The number of alkyl halides is 3. The van der Waals surface area contributed by atoms with E-state index < -0.39 is 23.7 Å². The van der Waals surface area contributed by atoms with Gasteiger partial charge in [-0.05, 0) is 36.4 Å². The van der Waals surface area contributed by atoms with Gasteiger partial charge in [-0.2, -0.15) is 18.3 Å². The first-order valence-electron chi connectivity index (χ1n) is 19.3. The maximum atomic E-state index is 14.2. The third-order valence-electron chi connectivity index (χ3n) is 11.6. The number of aliphatic carboxylic acids is 1. The monoisotopic (exact) mass is 836 g/mol. The van der Waals surface area contributed by atoms with Crippen molar-refractivity contribution in [2.45, 2.75) is 19.0 Å². The molecule has 0 saturated carbocycles. The minimum atomic E-state index is -4.83. The third kappa shape index (κ3) is 8.13. The quantitative estimate of drug-likeness (QED) is 0.152. The summed E-state index contributed by atoms with van der Waals surface area (Å²) in [6, 6.07) is 9.29.